The molecule has 2 aliphatic rings. The van der Waals surface area contributed by atoms with Gasteiger partial charge in [0.05, 0.1) is 22.9 Å². The Morgan fingerprint density at radius 2 is 1.65 bits per heavy atom. The molecule has 1 aromatic carbocycles. The number of rotatable bonds is 5. The standard InChI is InChI=1S/C27H44O5SSi/c1-18-20(17-33(30,31)19-13-11-10-12-14-19)27(7)21(32-34(8,9)25(2,3)4)15-16-26(5,6)24(27)23(29)22(18)28/h10-14,21-24,28-29H,15-17H2,1-9H3/t21-,22+,23+,24-,27-/m0/s1. The van der Waals surface area contributed by atoms with Crippen LogP contribution in [0.2, 0.25) is 18.1 Å². The van der Waals surface area contributed by atoms with Crippen molar-refractivity contribution in [1.82, 2.24) is 0 Å². The number of hydrogen-bond acceptors (Lipinski definition) is 5. The molecule has 5 atom stereocenters. The molecule has 2 aliphatic carbocycles. The van der Waals surface area contributed by atoms with Gasteiger partial charge in [0.15, 0.2) is 18.2 Å². The molecule has 3 rings (SSSR count). The van der Waals surface area contributed by atoms with E-state index in [0.29, 0.717) is 11.1 Å². The molecule has 7 heteroatoms. The third-order valence-corrected chi connectivity index (χ3v) is 15.3. The maximum Gasteiger partial charge on any atom is 0.192 e. The first-order valence-corrected chi connectivity index (χ1v) is 16.9. The largest absolute Gasteiger partial charge is 0.413 e. The maximum absolute atomic E-state index is 13.6. The topological polar surface area (TPSA) is 83.8 Å². The van der Waals surface area contributed by atoms with E-state index in [2.05, 4.69) is 54.6 Å². The first kappa shape index (κ1) is 27.6. The van der Waals surface area contributed by atoms with E-state index in [1.54, 1.807) is 37.3 Å². The molecule has 1 fully saturated rings. The highest BCUT2D eigenvalue weighted by atomic mass is 32.2. The molecule has 0 aromatic heterocycles. The molecule has 0 heterocycles. The molecular weight excluding hydrogens is 464 g/mol. The Bertz CT molecular complexity index is 1040. The maximum atomic E-state index is 13.6. The molecule has 34 heavy (non-hydrogen) atoms. The third kappa shape index (κ3) is 4.59. The average molecular weight is 509 g/mol. The normalized spacial score (nSPS) is 32.4. The fourth-order valence-corrected chi connectivity index (χ4v) is 9.18. The number of benzene rings is 1. The molecule has 0 unspecified atom stereocenters. The van der Waals surface area contributed by atoms with Crippen molar-refractivity contribution >= 4 is 18.2 Å². The zero-order chi connectivity index (χ0) is 25.9. The summed E-state index contributed by atoms with van der Waals surface area (Å²) >= 11 is 0. The highest BCUT2D eigenvalue weighted by molar-refractivity contribution is 7.91. The lowest BCUT2D eigenvalue weighted by Crippen LogP contribution is -2.64. The van der Waals surface area contributed by atoms with Crippen LogP contribution in [0.3, 0.4) is 0 Å². The van der Waals surface area contributed by atoms with Gasteiger partial charge in [-0.3, -0.25) is 0 Å². The highest BCUT2D eigenvalue weighted by Crippen LogP contribution is 2.61. The molecule has 1 aromatic rings. The fourth-order valence-electron chi connectivity index (χ4n) is 6.10. The fraction of sp³-hybridized carbons (Fsp3) is 0.704. The van der Waals surface area contributed by atoms with Gasteiger partial charge in [-0.1, -0.05) is 59.7 Å². The van der Waals surface area contributed by atoms with E-state index in [1.807, 2.05) is 0 Å². The van der Waals surface area contributed by atoms with Crippen molar-refractivity contribution in [2.75, 3.05) is 5.75 Å². The zero-order valence-electron chi connectivity index (χ0n) is 22.3. The number of aliphatic hydroxyl groups is 2. The number of aliphatic hydroxyl groups excluding tert-OH is 2. The summed E-state index contributed by atoms with van der Waals surface area (Å²) in [6.07, 6.45) is -0.672. The molecule has 0 saturated heterocycles. The monoisotopic (exact) mass is 508 g/mol. The van der Waals surface area contributed by atoms with Gasteiger partial charge in [0.1, 0.15) is 6.10 Å². The number of hydrogen-bond donors (Lipinski definition) is 2. The van der Waals surface area contributed by atoms with Crippen molar-refractivity contribution in [3.63, 3.8) is 0 Å². The van der Waals surface area contributed by atoms with Crippen molar-refractivity contribution < 1.29 is 23.1 Å². The smallest absolute Gasteiger partial charge is 0.192 e. The van der Waals surface area contributed by atoms with Crippen molar-refractivity contribution in [1.29, 1.82) is 0 Å². The van der Waals surface area contributed by atoms with E-state index >= 15 is 0 Å². The summed E-state index contributed by atoms with van der Waals surface area (Å²) in [6, 6.07) is 8.49. The van der Waals surface area contributed by atoms with Crippen molar-refractivity contribution in [2.45, 2.75) is 103 Å². The van der Waals surface area contributed by atoms with E-state index in [9.17, 15) is 18.6 Å². The van der Waals surface area contributed by atoms with Gasteiger partial charge >= 0.3 is 0 Å². The molecule has 0 radical (unpaired) electrons. The first-order chi connectivity index (χ1) is 15.4. The average Bonchev–Trinajstić information content (AvgIpc) is 2.71. The predicted molar refractivity (Wildman–Crippen MR) is 140 cm³/mol. The van der Waals surface area contributed by atoms with E-state index < -0.39 is 35.8 Å². The van der Waals surface area contributed by atoms with Gasteiger partial charge in [-0.15, -0.1) is 0 Å². The van der Waals surface area contributed by atoms with Crippen LogP contribution in [-0.2, 0) is 14.3 Å². The minimum Gasteiger partial charge on any atom is -0.413 e. The predicted octanol–water partition coefficient (Wildman–Crippen LogP) is 5.35. The van der Waals surface area contributed by atoms with Crippen molar-refractivity contribution in [3.05, 3.63) is 41.5 Å². The van der Waals surface area contributed by atoms with Crippen LogP contribution in [0.4, 0.5) is 0 Å². The highest BCUT2D eigenvalue weighted by Gasteiger charge is 2.62. The Morgan fingerprint density at radius 1 is 1.09 bits per heavy atom. The molecule has 0 spiro atoms. The molecular formula is C27H44O5SSi. The van der Waals surface area contributed by atoms with Crippen LogP contribution < -0.4 is 0 Å². The summed E-state index contributed by atoms with van der Waals surface area (Å²) in [7, 11) is -5.84. The lowest BCUT2D eigenvalue weighted by molar-refractivity contribution is -0.153. The number of fused-ring (bicyclic) bond motifs is 1. The van der Waals surface area contributed by atoms with Gasteiger partial charge in [-0.05, 0) is 66.6 Å². The molecule has 2 N–H and O–H groups in total. The van der Waals surface area contributed by atoms with Crippen LogP contribution in [-0.4, -0.2) is 51.0 Å². The Hall–Kier alpha value is -0.993. The van der Waals surface area contributed by atoms with Crippen molar-refractivity contribution in [2.24, 2.45) is 16.7 Å². The second kappa shape index (κ2) is 8.84. The molecule has 0 bridgehead atoms. The van der Waals surface area contributed by atoms with Crippen LogP contribution in [0.5, 0.6) is 0 Å². The van der Waals surface area contributed by atoms with Gasteiger partial charge in [-0.25, -0.2) is 8.42 Å². The Kier molecular flexibility index (Phi) is 7.17. The molecule has 1 saturated carbocycles. The summed E-state index contributed by atoms with van der Waals surface area (Å²) < 4.78 is 34.1. The second-order valence-electron chi connectivity index (χ2n) is 12.8. The van der Waals surface area contributed by atoms with Gasteiger partial charge in [0.25, 0.3) is 0 Å². The van der Waals surface area contributed by atoms with Crippen LogP contribution >= 0.6 is 0 Å². The van der Waals surface area contributed by atoms with E-state index in [-0.39, 0.29) is 33.1 Å². The van der Waals surface area contributed by atoms with Crippen LogP contribution in [0.15, 0.2) is 46.4 Å². The Morgan fingerprint density at radius 3 is 2.18 bits per heavy atom. The lowest BCUT2D eigenvalue weighted by atomic mass is 9.48. The SMILES string of the molecule is CC1=C(CS(=O)(=O)c2ccccc2)[C@@]2(C)[C@@H](O[Si](C)(C)C(C)(C)C)CCC(C)(C)[C@@H]2[C@H](O)[C@@H]1O. The summed E-state index contributed by atoms with van der Waals surface area (Å²) in [5, 5.41) is 22.5. The minimum absolute atomic E-state index is 0.00629. The van der Waals surface area contributed by atoms with E-state index in [1.165, 1.54) is 0 Å². The van der Waals surface area contributed by atoms with Gasteiger partial charge < -0.3 is 14.6 Å². The van der Waals surface area contributed by atoms with E-state index in [4.69, 9.17) is 4.43 Å². The Labute approximate surface area is 207 Å². The number of sulfone groups is 1. The van der Waals surface area contributed by atoms with E-state index in [0.717, 1.165) is 12.8 Å². The molecule has 0 aliphatic heterocycles. The van der Waals surface area contributed by atoms with Crippen LogP contribution in [0, 0.1) is 16.7 Å². The summed E-state index contributed by atoms with van der Waals surface area (Å²) in [5.41, 5.74) is 0.259. The third-order valence-electron chi connectivity index (χ3n) is 9.12. The van der Waals surface area contributed by atoms with Crippen molar-refractivity contribution in [3.8, 4) is 0 Å². The Balaban J connectivity index is 2.19. The lowest BCUT2D eigenvalue weighted by Gasteiger charge is -2.61. The first-order valence-electron chi connectivity index (χ1n) is 12.4. The molecule has 192 valence electrons. The van der Waals surface area contributed by atoms with Gasteiger partial charge in [0.2, 0.25) is 0 Å². The van der Waals surface area contributed by atoms with Crippen LogP contribution in [0.25, 0.3) is 0 Å². The quantitative estimate of drug-likeness (QED) is 0.414. The zero-order valence-corrected chi connectivity index (χ0v) is 24.2. The van der Waals surface area contributed by atoms with Gasteiger partial charge in [0, 0.05) is 11.3 Å². The summed E-state index contributed by atoms with van der Waals surface area (Å²) in [4.78, 5) is 0.271. The summed E-state index contributed by atoms with van der Waals surface area (Å²) in [6.45, 7) is 19.1. The van der Waals surface area contributed by atoms with Crippen LogP contribution in [0.1, 0.15) is 61.3 Å². The second-order valence-corrected chi connectivity index (χ2v) is 19.6. The van der Waals surface area contributed by atoms with Gasteiger partial charge in [-0.2, -0.15) is 0 Å². The summed E-state index contributed by atoms with van der Waals surface area (Å²) in [5.74, 6) is -0.518. The minimum atomic E-state index is -3.65. The molecule has 0 amide bonds. The molecule has 5 nitrogen and oxygen atoms in total.